The SMILES string of the molecule is CCOC(=O)c1cc(C(=O)C=C(O)c2nc[nH]n2)n(Cc2ccccc2F)c1. The largest absolute Gasteiger partial charge is 0.504 e. The van der Waals surface area contributed by atoms with E-state index in [4.69, 9.17) is 4.74 Å². The molecule has 8 nitrogen and oxygen atoms in total. The second-order valence-corrected chi connectivity index (χ2v) is 5.77. The Balaban J connectivity index is 1.98. The molecule has 9 heteroatoms. The number of aromatic nitrogens is 4. The fraction of sp³-hybridized carbons (Fsp3) is 0.158. The molecule has 2 aromatic heterocycles. The molecule has 1 aromatic carbocycles. The van der Waals surface area contributed by atoms with Gasteiger partial charge in [-0.2, -0.15) is 5.10 Å². The standard InChI is InChI=1S/C19H17FN4O4/c1-2-28-19(27)13-7-15(16(25)8-17(26)18-21-11-22-23-18)24(10-13)9-12-5-3-4-6-14(12)20/h3-8,10-11,26H,2,9H2,1H3,(H,21,22,23). The summed E-state index contributed by atoms with van der Waals surface area (Å²) in [6.45, 7) is 1.85. The molecule has 0 amide bonds. The van der Waals surface area contributed by atoms with E-state index in [9.17, 15) is 19.1 Å². The first-order valence-corrected chi connectivity index (χ1v) is 8.41. The van der Waals surface area contributed by atoms with Crippen LogP contribution in [0.1, 0.15) is 39.2 Å². The van der Waals surface area contributed by atoms with E-state index in [1.807, 2.05) is 0 Å². The van der Waals surface area contributed by atoms with E-state index in [0.717, 1.165) is 6.08 Å². The van der Waals surface area contributed by atoms with Crippen LogP contribution >= 0.6 is 0 Å². The lowest BCUT2D eigenvalue weighted by atomic mass is 10.2. The number of aliphatic hydroxyl groups excluding tert-OH is 1. The van der Waals surface area contributed by atoms with Crippen LogP contribution in [0.3, 0.4) is 0 Å². The zero-order valence-electron chi connectivity index (χ0n) is 14.9. The summed E-state index contributed by atoms with van der Waals surface area (Å²) in [7, 11) is 0. The van der Waals surface area contributed by atoms with Crippen molar-refractivity contribution in [3.8, 4) is 0 Å². The normalized spacial score (nSPS) is 11.4. The Morgan fingerprint density at radius 2 is 2.14 bits per heavy atom. The number of nitrogens with zero attached hydrogens (tertiary/aromatic N) is 3. The average molecular weight is 384 g/mol. The van der Waals surface area contributed by atoms with E-state index in [2.05, 4.69) is 15.2 Å². The predicted molar refractivity (Wildman–Crippen MR) is 97.2 cm³/mol. The Bertz CT molecular complexity index is 1020. The molecule has 0 atom stereocenters. The number of esters is 1. The molecule has 0 bridgehead atoms. The van der Waals surface area contributed by atoms with Gasteiger partial charge in [-0.05, 0) is 19.1 Å². The van der Waals surface area contributed by atoms with Crippen LogP contribution in [0.25, 0.3) is 5.76 Å². The fourth-order valence-electron chi connectivity index (χ4n) is 2.58. The number of H-pyrrole nitrogens is 1. The van der Waals surface area contributed by atoms with E-state index in [1.165, 1.54) is 29.2 Å². The summed E-state index contributed by atoms with van der Waals surface area (Å²) in [5, 5.41) is 16.1. The van der Waals surface area contributed by atoms with Crippen LogP contribution in [0.4, 0.5) is 4.39 Å². The van der Waals surface area contributed by atoms with E-state index in [-0.39, 0.29) is 30.2 Å². The molecule has 0 fully saturated rings. The van der Waals surface area contributed by atoms with Crippen molar-refractivity contribution >= 4 is 17.5 Å². The Kier molecular flexibility index (Phi) is 5.64. The van der Waals surface area contributed by atoms with Crippen molar-refractivity contribution in [1.82, 2.24) is 19.7 Å². The van der Waals surface area contributed by atoms with Crippen LogP contribution in [0.2, 0.25) is 0 Å². The molecule has 0 saturated heterocycles. The highest BCUT2D eigenvalue weighted by atomic mass is 19.1. The molecule has 3 aromatic rings. The number of hydrogen-bond donors (Lipinski definition) is 2. The Labute approximate surface area is 159 Å². The van der Waals surface area contributed by atoms with E-state index in [1.54, 1.807) is 25.1 Å². The van der Waals surface area contributed by atoms with Crippen molar-refractivity contribution < 1.29 is 23.8 Å². The number of benzene rings is 1. The van der Waals surface area contributed by atoms with E-state index >= 15 is 0 Å². The fourth-order valence-corrected chi connectivity index (χ4v) is 2.58. The van der Waals surface area contributed by atoms with E-state index in [0.29, 0.717) is 5.56 Å². The summed E-state index contributed by atoms with van der Waals surface area (Å²) in [4.78, 5) is 28.5. The van der Waals surface area contributed by atoms with Gasteiger partial charge >= 0.3 is 5.97 Å². The lowest BCUT2D eigenvalue weighted by Gasteiger charge is -2.08. The van der Waals surface area contributed by atoms with E-state index < -0.39 is 23.3 Å². The van der Waals surface area contributed by atoms with Gasteiger partial charge in [-0.15, -0.1) is 0 Å². The van der Waals surface area contributed by atoms with Gasteiger partial charge in [0.25, 0.3) is 0 Å². The predicted octanol–water partition coefficient (Wildman–Crippen LogP) is 2.75. The van der Waals surface area contributed by atoms with Crippen LogP contribution in [-0.4, -0.2) is 43.2 Å². The summed E-state index contributed by atoms with van der Waals surface area (Å²) in [5.74, 6) is -2.14. The highest BCUT2D eigenvalue weighted by molar-refractivity contribution is 6.08. The van der Waals surface area contributed by atoms with Gasteiger partial charge in [0.15, 0.2) is 5.76 Å². The molecule has 3 rings (SSSR count). The van der Waals surface area contributed by atoms with Crippen molar-refractivity contribution in [3.63, 3.8) is 0 Å². The first-order chi connectivity index (χ1) is 13.5. The van der Waals surface area contributed by atoms with Gasteiger partial charge in [0.1, 0.15) is 12.1 Å². The maximum absolute atomic E-state index is 14.0. The van der Waals surface area contributed by atoms with Crippen molar-refractivity contribution in [2.24, 2.45) is 0 Å². The van der Waals surface area contributed by atoms with Crippen LogP contribution in [-0.2, 0) is 11.3 Å². The summed E-state index contributed by atoms with van der Waals surface area (Å²) < 4.78 is 20.4. The first kappa shape index (κ1) is 19.0. The van der Waals surface area contributed by atoms with Gasteiger partial charge in [0.05, 0.1) is 24.4 Å². The average Bonchev–Trinajstić information content (AvgIpc) is 3.34. The molecule has 2 heterocycles. The third kappa shape index (κ3) is 4.14. The highest BCUT2D eigenvalue weighted by Gasteiger charge is 2.19. The van der Waals surface area contributed by atoms with Crippen LogP contribution in [0.5, 0.6) is 0 Å². The monoisotopic (exact) mass is 384 g/mol. The van der Waals surface area contributed by atoms with Crippen molar-refractivity contribution in [1.29, 1.82) is 0 Å². The molecule has 0 radical (unpaired) electrons. The number of rotatable bonds is 7. The number of hydrogen-bond acceptors (Lipinski definition) is 6. The number of carbonyl (C=O) groups is 2. The maximum atomic E-state index is 14.0. The van der Waals surface area contributed by atoms with Crippen molar-refractivity contribution in [3.05, 3.63) is 77.4 Å². The number of aromatic amines is 1. The second kappa shape index (κ2) is 8.30. The Morgan fingerprint density at radius 1 is 1.36 bits per heavy atom. The number of halogens is 1. The van der Waals surface area contributed by atoms with Gasteiger partial charge in [-0.1, -0.05) is 18.2 Å². The molecule has 0 unspecified atom stereocenters. The van der Waals surface area contributed by atoms with Crippen LogP contribution < -0.4 is 0 Å². The zero-order chi connectivity index (χ0) is 20.1. The highest BCUT2D eigenvalue weighted by Crippen LogP contribution is 2.17. The van der Waals surface area contributed by atoms with Gasteiger partial charge < -0.3 is 14.4 Å². The molecule has 144 valence electrons. The minimum atomic E-state index is -0.606. The molecule has 2 N–H and O–H groups in total. The summed E-state index contributed by atoms with van der Waals surface area (Å²) in [6.07, 6.45) is 3.60. The Morgan fingerprint density at radius 3 is 2.82 bits per heavy atom. The zero-order valence-corrected chi connectivity index (χ0v) is 14.9. The molecular formula is C19H17FN4O4. The quantitative estimate of drug-likeness (QED) is 0.281. The molecule has 28 heavy (non-hydrogen) atoms. The lowest BCUT2D eigenvalue weighted by molar-refractivity contribution is 0.0526. The van der Waals surface area contributed by atoms with Crippen LogP contribution in [0.15, 0.2) is 48.9 Å². The maximum Gasteiger partial charge on any atom is 0.339 e. The van der Waals surface area contributed by atoms with Gasteiger partial charge in [0, 0.05) is 17.8 Å². The third-order valence-electron chi connectivity index (χ3n) is 3.87. The number of carbonyl (C=O) groups excluding carboxylic acids is 2. The van der Waals surface area contributed by atoms with Crippen LogP contribution in [0, 0.1) is 5.82 Å². The van der Waals surface area contributed by atoms with Gasteiger partial charge in [-0.25, -0.2) is 14.2 Å². The molecule has 0 aliphatic heterocycles. The summed E-state index contributed by atoms with van der Waals surface area (Å²) >= 11 is 0. The van der Waals surface area contributed by atoms with Crippen molar-refractivity contribution in [2.45, 2.75) is 13.5 Å². The molecule has 0 spiro atoms. The summed E-state index contributed by atoms with van der Waals surface area (Å²) in [5.41, 5.74) is 0.561. The number of ether oxygens (including phenoxy) is 1. The molecular weight excluding hydrogens is 367 g/mol. The molecule has 0 saturated carbocycles. The smallest absolute Gasteiger partial charge is 0.339 e. The third-order valence-corrected chi connectivity index (χ3v) is 3.87. The molecule has 0 aliphatic carbocycles. The Hall–Kier alpha value is -3.75. The number of aliphatic hydroxyl groups is 1. The minimum absolute atomic E-state index is 0.0163. The molecule has 0 aliphatic rings. The second-order valence-electron chi connectivity index (χ2n) is 5.77. The number of ketones is 1. The van der Waals surface area contributed by atoms with Crippen molar-refractivity contribution in [2.75, 3.05) is 6.61 Å². The minimum Gasteiger partial charge on any atom is -0.504 e. The summed E-state index contributed by atoms with van der Waals surface area (Å²) in [6, 6.07) is 7.45. The lowest BCUT2D eigenvalue weighted by Crippen LogP contribution is -2.09. The first-order valence-electron chi connectivity index (χ1n) is 8.41. The topological polar surface area (TPSA) is 110 Å². The van der Waals surface area contributed by atoms with Gasteiger partial charge in [-0.3, -0.25) is 9.89 Å². The number of allylic oxidation sites excluding steroid dienone is 1. The number of nitrogens with one attached hydrogen (secondary N) is 1. The van der Waals surface area contributed by atoms with Gasteiger partial charge in [0.2, 0.25) is 11.6 Å².